The third kappa shape index (κ3) is 3.02. The minimum absolute atomic E-state index is 1.20. The van der Waals surface area contributed by atoms with E-state index in [0.717, 1.165) is 0 Å². The van der Waals surface area contributed by atoms with Crippen LogP contribution in [0.2, 0.25) is 19.6 Å². The van der Waals surface area contributed by atoms with Crippen molar-refractivity contribution in [2.75, 3.05) is 0 Å². The zero-order valence-corrected chi connectivity index (χ0v) is 17.5. The Balaban J connectivity index is 2.03. The van der Waals surface area contributed by atoms with Crippen molar-refractivity contribution in [3.63, 3.8) is 0 Å². The van der Waals surface area contributed by atoms with Crippen molar-refractivity contribution < 1.29 is 0 Å². The quantitative estimate of drug-likeness (QED) is 0.456. The summed E-state index contributed by atoms with van der Waals surface area (Å²) in [7, 11) is -1.20. The molecule has 0 N–H and O–H groups in total. The molecule has 0 spiro atoms. The van der Waals surface area contributed by atoms with Gasteiger partial charge in [0.05, 0.1) is 8.07 Å². The van der Waals surface area contributed by atoms with Crippen LogP contribution in [0, 0.1) is 20.8 Å². The Hall–Kier alpha value is -0.683. The molecule has 116 valence electrons. The molecule has 0 amide bonds. The van der Waals surface area contributed by atoms with Crippen molar-refractivity contribution in [2.45, 2.75) is 40.4 Å². The van der Waals surface area contributed by atoms with Crippen LogP contribution in [0.5, 0.6) is 0 Å². The van der Waals surface area contributed by atoms with Crippen LogP contribution >= 0.6 is 34.0 Å². The maximum absolute atomic E-state index is 2.42. The number of hydrogen-bond acceptors (Lipinski definition) is 3. The summed E-state index contributed by atoms with van der Waals surface area (Å²) in [6, 6.07) is 9.34. The van der Waals surface area contributed by atoms with Gasteiger partial charge in [0.2, 0.25) is 0 Å². The van der Waals surface area contributed by atoms with E-state index in [-0.39, 0.29) is 0 Å². The second-order valence-corrected chi connectivity index (χ2v) is 15.7. The lowest BCUT2D eigenvalue weighted by Gasteiger charge is -2.12. The molecule has 0 aliphatic carbocycles. The molecule has 0 aliphatic heterocycles. The van der Waals surface area contributed by atoms with Crippen LogP contribution in [0.1, 0.15) is 16.0 Å². The fourth-order valence-electron chi connectivity index (χ4n) is 2.59. The van der Waals surface area contributed by atoms with Crippen molar-refractivity contribution in [3.05, 3.63) is 40.3 Å². The molecule has 0 aromatic carbocycles. The standard InChI is InChI=1S/C18H22S3Si/c1-11-9-13(3)19-18(11)15-10-12(2)17(21-15)14-7-8-16(20-14)22(4,5)6/h7-10H,1-6H3. The van der Waals surface area contributed by atoms with Gasteiger partial charge in [-0.2, -0.15) is 0 Å². The van der Waals surface area contributed by atoms with Gasteiger partial charge in [-0.25, -0.2) is 0 Å². The van der Waals surface area contributed by atoms with Crippen LogP contribution in [0.3, 0.4) is 0 Å². The molecule has 0 nitrogen and oxygen atoms in total. The Morgan fingerprint density at radius 1 is 0.727 bits per heavy atom. The average Bonchev–Trinajstić information content (AvgIpc) is 3.07. The zero-order chi connectivity index (χ0) is 16.1. The van der Waals surface area contributed by atoms with Crippen LogP contribution in [0.25, 0.3) is 19.5 Å². The first-order valence-corrected chi connectivity index (χ1v) is 13.5. The molecule has 0 radical (unpaired) electrons. The molecule has 0 unspecified atom stereocenters. The molecule has 4 heteroatoms. The summed E-state index contributed by atoms with van der Waals surface area (Å²) >= 11 is 5.87. The van der Waals surface area contributed by atoms with Gasteiger partial charge < -0.3 is 0 Å². The minimum Gasteiger partial charge on any atom is -0.144 e. The van der Waals surface area contributed by atoms with E-state index in [1.54, 1.807) is 4.50 Å². The second kappa shape index (κ2) is 5.75. The van der Waals surface area contributed by atoms with Gasteiger partial charge in [0.15, 0.2) is 0 Å². The van der Waals surface area contributed by atoms with Gasteiger partial charge in [0, 0.05) is 24.4 Å². The zero-order valence-electron chi connectivity index (χ0n) is 14.0. The van der Waals surface area contributed by atoms with Crippen molar-refractivity contribution in [3.8, 4) is 19.5 Å². The molecule has 0 saturated heterocycles. The van der Waals surface area contributed by atoms with Gasteiger partial charge in [0.1, 0.15) is 0 Å². The van der Waals surface area contributed by atoms with Crippen LogP contribution in [0.4, 0.5) is 0 Å². The van der Waals surface area contributed by atoms with Gasteiger partial charge in [-0.05, 0) is 54.6 Å². The summed E-state index contributed by atoms with van der Waals surface area (Å²) in [4.78, 5) is 7.16. The first-order chi connectivity index (χ1) is 10.3. The molecule has 0 atom stereocenters. The number of thiophene rings is 3. The average molecular weight is 363 g/mol. The molecule has 3 heterocycles. The van der Waals surface area contributed by atoms with E-state index in [4.69, 9.17) is 0 Å². The highest BCUT2D eigenvalue weighted by molar-refractivity contribution is 7.31. The normalized spacial score (nSPS) is 12.1. The SMILES string of the molecule is Cc1cc(C)c(-c2cc(C)c(-c3ccc([Si](C)(C)C)s3)s2)s1. The van der Waals surface area contributed by atoms with E-state index in [9.17, 15) is 0 Å². The van der Waals surface area contributed by atoms with E-state index in [0.29, 0.717) is 0 Å². The summed E-state index contributed by atoms with van der Waals surface area (Å²) < 4.78 is 1.60. The molecule has 3 aromatic heterocycles. The van der Waals surface area contributed by atoms with E-state index >= 15 is 0 Å². The minimum atomic E-state index is -1.20. The third-order valence-corrected chi connectivity index (χ3v) is 11.2. The molecule has 0 fully saturated rings. The monoisotopic (exact) mass is 362 g/mol. The molecule has 22 heavy (non-hydrogen) atoms. The Morgan fingerprint density at radius 2 is 1.36 bits per heavy atom. The lowest BCUT2D eigenvalue weighted by molar-refractivity contribution is 1.50. The summed E-state index contributed by atoms with van der Waals surface area (Å²) in [5.41, 5.74) is 2.82. The van der Waals surface area contributed by atoms with Crippen molar-refractivity contribution in [1.29, 1.82) is 0 Å². The molecule has 0 aliphatic rings. The van der Waals surface area contributed by atoms with Crippen molar-refractivity contribution in [2.24, 2.45) is 0 Å². The molecular weight excluding hydrogens is 340 g/mol. The van der Waals surface area contributed by atoms with Gasteiger partial charge >= 0.3 is 0 Å². The van der Waals surface area contributed by atoms with Gasteiger partial charge in [-0.15, -0.1) is 34.0 Å². The number of aryl methyl sites for hydroxylation is 3. The van der Waals surface area contributed by atoms with Crippen LogP contribution < -0.4 is 4.50 Å². The van der Waals surface area contributed by atoms with Crippen molar-refractivity contribution >= 4 is 46.6 Å². The van der Waals surface area contributed by atoms with Gasteiger partial charge in [-0.3, -0.25) is 0 Å². The molecule has 3 rings (SSSR count). The van der Waals surface area contributed by atoms with Crippen LogP contribution in [-0.2, 0) is 0 Å². The summed E-state index contributed by atoms with van der Waals surface area (Å²) in [5.74, 6) is 0. The van der Waals surface area contributed by atoms with Crippen LogP contribution in [-0.4, -0.2) is 8.07 Å². The van der Waals surface area contributed by atoms with Gasteiger partial charge in [0.25, 0.3) is 0 Å². The summed E-state index contributed by atoms with van der Waals surface area (Å²) in [6.07, 6.45) is 0. The van der Waals surface area contributed by atoms with E-state index in [1.807, 2.05) is 34.0 Å². The first kappa shape index (κ1) is 16.2. The Labute approximate surface area is 146 Å². The predicted octanol–water partition coefficient (Wildman–Crippen LogP) is 6.68. The first-order valence-electron chi connectivity index (χ1n) is 7.54. The smallest absolute Gasteiger partial charge is 0.0904 e. The Kier molecular flexibility index (Phi) is 4.23. The highest BCUT2D eigenvalue weighted by Crippen LogP contribution is 2.43. The lowest BCUT2D eigenvalue weighted by atomic mass is 10.2. The summed E-state index contributed by atoms with van der Waals surface area (Å²) in [6.45, 7) is 13.9. The molecule has 0 bridgehead atoms. The van der Waals surface area contributed by atoms with E-state index in [1.165, 1.54) is 35.5 Å². The van der Waals surface area contributed by atoms with E-state index < -0.39 is 8.07 Å². The second-order valence-electron chi connectivity index (χ2n) is 6.91. The largest absolute Gasteiger partial charge is 0.144 e. The molecular formula is C18H22S3Si. The van der Waals surface area contributed by atoms with Crippen LogP contribution in [0.15, 0.2) is 24.3 Å². The van der Waals surface area contributed by atoms with Crippen molar-refractivity contribution in [1.82, 2.24) is 0 Å². The fraction of sp³-hybridized carbons (Fsp3) is 0.333. The Bertz CT molecular complexity index is 812. The topological polar surface area (TPSA) is 0 Å². The maximum atomic E-state index is 2.42. The predicted molar refractivity (Wildman–Crippen MR) is 108 cm³/mol. The number of hydrogen-bond donors (Lipinski definition) is 0. The molecule has 3 aromatic rings. The number of rotatable bonds is 3. The molecule has 0 saturated carbocycles. The van der Waals surface area contributed by atoms with Gasteiger partial charge in [-0.1, -0.05) is 25.7 Å². The van der Waals surface area contributed by atoms with E-state index in [2.05, 4.69) is 64.7 Å². The highest BCUT2D eigenvalue weighted by Gasteiger charge is 2.20. The highest BCUT2D eigenvalue weighted by atomic mass is 32.1. The third-order valence-electron chi connectivity index (χ3n) is 3.75. The Morgan fingerprint density at radius 3 is 1.91 bits per heavy atom. The fourth-order valence-corrected chi connectivity index (χ4v) is 8.02. The summed E-state index contributed by atoms with van der Waals surface area (Å²) in [5, 5.41) is 0. The maximum Gasteiger partial charge on any atom is 0.0904 e. The lowest BCUT2D eigenvalue weighted by Crippen LogP contribution is -2.34.